The normalized spacial score (nSPS) is 11.2. The number of benzene rings is 2. The van der Waals surface area contributed by atoms with Crippen molar-refractivity contribution in [1.29, 1.82) is 0 Å². The second-order valence-corrected chi connectivity index (χ2v) is 11.7. The van der Waals surface area contributed by atoms with Gasteiger partial charge in [0.2, 0.25) is 0 Å². The number of unbranched alkanes of at least 4 members (excludes halogenated alkanes) is 1. The van der Waals surface area contributed by atoms with Gasteiger partial charge in [0.25, 0.3) is 5.69 Å². The van der Waals surface area contributed by atoms with E-state index in [0.717, 1.165) is 25.1 Å². The summed E-state index contributed by atoms with van der Waals surface area (Å²) in [4.78, 5) is 22.3. The summed E-state index contributed by atoms with van der Waals surface area (Å²) in [6, 6.07) is 13.2. The first-order chi connectivity index (χ1) is 27.6. The van der Waals surface area contributed by atoms with Crippen LogP contribution >= 0.6 is 0 Å². The van der Waals surface area contributed by atoms with E-state index < -0.39 is 4.92 Å². The number of hydrogen-bond acceptors (Lipinski definition) is 16. The molecule has 0 heterocycles. The minimum Gasteiger partial charge on any atom is -0.491 e. The van der Waals surface area contributed by atoms with Gasteiger partial charge in [-0.25, -0.2) is 4.79 Å². The number of nitrogens with one attached hydrogen (secondary N) is 1. The van der Waals surface area contributed by atoms with Gasteiger partial charge in [0.05, 0.1) is 143 Å². The zero-order valence-electron chi connectivity index (χ0n) is 32.9. The maximum Gasteiger partial charge on any atom is 0.338 e. The van der Waals surface area contributed by atoms with Gasteiger partial charge in [-0.15, -0.1) is 0 Å². The van der Waals surface area contributed by atoms with Gasteiger partial charge in [0.15, 0.2) is 0 Å². The summed E-state index contributed by atoms with van der Waals surface area (Å²) in [7, 11) is 0. The summed E-state index contributed by atoms with van der Waals surface area (Å²) in [6.07, 6.45) is 2.23. The highest BCUT2D eigenvalue weighted by Gasteiger charge is 2.07. The second kappa shape index (κ2) is 35.9. The predicted molar refractivity (Wildman–Crippen MR) is 207 cm³/mol. The average molecular weight is 799 g/mol. The standard InChI is InChI=1S/C39H62N2O15/c1-2-3-12-40-36-6-4-35(5-7-36)39(42)56-34-32-54-30-28-52-26-24-50-22-20-48-18-16-46-14-13-45-15-17-47-19-21-49-23-25-51-27-29-53-31-33-55-38-10-8-37(9-11-38)41(43)44/h4-11,40H,2-3,12-34H2,1H3. The number of anilines is 1. The Balaban J connectivity index is 1.18. The first-order valence-corrected chi connectivity index (χ1v) is 19.3. The van der Waals surface area contributed by atoms with Crippen molar-refractivity contribution in [1.82, 2.24) is 0 Å². The van der Waals surface area contributed by atoms with E-state index in [1.165, 1.54) is 12.1 Å². The maximum atomic E-state index is 12.1. The van der Waals surface area contributed by atoms with Gasteiger partial charge >= 0.3 is 5.97 Å². The van der Waals surface area contributed by atoms with E-state index in [2.05, 4.69) is 12.2 Å². The molecule has 2 aromatic carbocycles. The molecule has 1 N–H and O–H groups in total. The summed E-state index contributed by atoms with van der Waals surface area (Å²) < 4.78 is 65.4. The molecular weight excluding hydrogens is 736 g/mol. The second-order valence-electron chi connectivity index (χ2n) is 11.7. The number of esters is 1. The molecule has 2 aromatic rings. The first kappa shape index (κ1) is 48.7. The van der Waals surface area contributed by atoms with Crippen LogP contribution in [0.5, 0.6) is 5.75 Å². The van der Waals surface area contributed by atoms with E-state index in [9.17, 15) is 14.9 Å². The molecule has 0 fully saturated rings. The lowest BCUT2D eigenvalue weighted by Crippen LogP contribution is -2.16. The SMILES string of the molecule is CCCCNc1ccc(C(=O)OCCOCCOCCOCCOCCOCCOCCOCCOCCOCCOCCOc2ccc([N+](=O)[O-])cc2)cc1. The Morgan fingerprint density at radius 3 is 1.23 bits per heavy atom. The predicted octanol–water partition coefficient (Wildman–Crippen LogP) is 4.21. The van der Waals surface area contributed by atoms with E-state index in [-0.39, 0.29) is 18.3 Å². The number of nitro groups is 1. The van der Waals surface area contributed by atoms with Crippen molar-refractivity contribution in [2.45, 2.75) is 19.8 Å². The highest BCUT2D eigenvalue weighted by Crippen LogP contribution is 2.17. The highest BCUT2D eigenvalue weighted by molar-refractivity contribution is 5.89. The Kier molecular flexibility index (Phi) is 31.2. The molecule has 17 heteroatoms. The minimum absolute atomic E-state index is 0.0215. The third-order valence-electron chi connectivity index (χ3n) is 7.33. The van der Waals surface area contributed by atoms with E-state index in [4.69, 9.17) is 56.8 Å². The lowest BCUT2D eigenvalue weighted by atomic mass is 10.2. The number of carbonyl (C=O) groups is 1. The number of nitrogens with zero attached hydrogens (tertiary/aromatic N) is 1. The molecule has 0 spiro atoms. The van der Waals surface area contributed by atoms with Gasteiger partial charge in [0, 0.05) is 24.4 Å². The molecule has 0 bridgehead atoms. The Morgan fingerprint density at radius 2 is 0.875 bits per heavy atom. The van der Waals surface area contributed by atoms with E-state index in [1.807, 2.05) is 12.1 Å². The highest BCUT2D eigenvalue weighted by atomic mass is 16.6. The summed E-state index contributed by atoms with van der Waals surface area (Å²) in [6.45, 7) is 12.5. The molecule has 0 unspecified atom stereocenters. The third kappa shape index (κ3) is 28.0. The van der Waals surface area contributed by atoms with Crippen LogP contribution in [0, 0.1) is 10.1 Å². The molecule has 0 saturated heterocycles. The van der Waals surface area contributed by atoms with Crippen LogP contribution in [-0.4, -0.2) is 163 Å². The van der Waals surface area contributed by atoms with Gasteiger partial charge < -0.3 is 62.2 Å². The summed E-state index contributed by atoms with van der Waals surface area (Å²) in [5.74, 6) is 0.183. The third-order valence-corrected chi connectivity index (χ3v) is 7.33. The Hall–Kier alpha value is -3.49. The van der Waals surface area contributed by atoms with E-state index >= 15 is 0 Å². The molecule has 318 valence electrons. The van der Waals surface area contributed by atoms with Crippen LogP contribution in [0.2, 0.25) is 0 Å². The summed E-state index contributed by atoms with van der Waals surface area (Å²) in [5.41, 5.74) is 1.52. The topological polar surface area (TPSA) is 183 Å². The van der Waals surface area contributed by atoms with Crippen LogP contribution in [0.1, 0.15) is 30.1 Å². The van der Waals surface area contributed by atoms with Crippen LogP contribution < -0.4 is 10.1 Å². The van der Waals surface area contributed by atoms with Crippen molar-refractivity contribution < 1.29 is 66.6 Å². The number of nitro benzene ring substituents is 1. The molecule has 17 nitrogen and oxygen atoms in total. The largest absolute Gasteiger partial charge is 0.491 e. The average Bonchev–Trinajstić information content (AvgIpc) is 3.21. The Bertz CT molecular complexity index is 1210. The monoisotopic (exact) mass is 798 g/mol. The molecule has 56 heavy (non-hydrogen) atoms. The molecule has 0 amide bonds. The number of hydrogen-bond donors (Lipinski definition) is 1. The number of carbonyl (C=O) groups excluding carboxylic acids is 1. The van der Waals surface area contributed by atoms with Crippen molar-refractivity contribution in [2.24, 2.45) is 0 Å². The lowest BCUT2D eigenvalue weighted by Gasteiger charge is -2.09. The Morgan fingerprint density at radius 1 is 0.518 bits per heavy atom. The van der Waals surface area contributed by atoms with Gasteiger partial charge in [-0.05, 0) is 42.8 Å². The molecular formula is C39H62N2O15. The fraction of sp³-hybridized carbons (Fsp3) is 0.667. The van der Waals surface area contributed by atoms with Crippen molar-refractivity contribution in [3.63, 3.8) is 0 Å². The van der Waals surface area contributed by atoms with Gasteiger partial charge in [-0.1, -0.05) is 13.3 Å². The molecule has 0 aliphatic rings. The maximum absolute atomic E-state index is 12.1. The minimum atomic E-state index is -0.454. The van der Waals surface area contributed by atoms with Crippen LogP contribution in [0.3, 0.4) is 0 Å². The summed E-state index contributed by atoms with van der Waals surface area (Å²) in [5, 5.41) is 14.0. The Labute approximate surface area is 330 Å². The van der Waals surface area contributed by atoms with Gasteiger partial charge in [-0.2, -0.15) is 0 Å². The van der Waals surface area contributed by atoms with Gasteiger partial charge in [-0.3, -0.25) is 10.1 Å². The van der Waals surface area contributed by atoms with Crippen LogP contribution in [0.15, 0.2) is 48.5 Å². The van der Waals surface area contributed by atoms with Crippen LogP contribution in [0.4, 0.5) is 11.4 Å². The molecule has 2 rings (SSSR count). The van der Waals surface area contributed by atoms with Crippen LogP contribution in [0.25, 0.3) is 0 Å². The molecule has 0 radical (unpaired) electrons. The molecule has 0 aromatic heterocycles. The molecule has 0 aliphatic carbocycles. The zero-order valence-corrected chi connectivity index (χ0v) is 32.9. The quantitative estimate of drug-likeness (QED) is 0.0438. The fourth-order valence-corrected chi connectivity index (χ4v) is 4.37. The number of ether oxygens (including phenoxy) is 12. The van der Waals surface area contributed by atoms with E-state index in [0.29, 0.717) is 150 Å². The lowest BCUT2D eigenvalue weighted by molar-refractivity contribution is -0.384. The van der Waals surface area contributed by atoms with Crippen molar-refractivity contribution in [2.75, 3.05) is 157 Å². The molecule has 0 aliphatic heterocycles. The van der Waals surface area contributed by atoms with Crippen LogP contribution in [-0.2, 0) is 52.1 Å². The number of non-ortho nitro benzene ring substituents is 1. The zero-order chi connectivity index (χ0) is 40.0. The summed E-state index contributed by atoms with van der Waals surface area (Å²) >= 11 is 0. The fourth-order valence-electron chi connectivity index (χ4n) is 4.37. The molecule has 0 saturated carbocycles. The molecule has 0 atom stereocenters. The van der Waals surface area contributed by atoms with E-state index in [1.54, 1.807) is 24.3 Å². The van der Waals surface area contributed by atoms with Crippen molar-refractivity contribution in [3.8, 4) is 5.75 Å². The smallest absolute Gasteiger partial charge is 0.338 e. The number of rotatable bonds is 40. The van der Waals surface area contributed by atoms with Crippen molar-refractivity contribution >= 4 is 17.3 Å². The van der Waals surface area contributed by atoms with Gasteiger partial charge in [0.1, 0.15) is 19.0 Å². The first-order valence-electron chi connectivity index (χ1n) is 19.3. The van der Waals surface area contributed by atoms with Crippen molar-refractivity contribution in [3.05, 3.63) is 64.2 Å².